The summed E-state index contributed by atoms with van der Waals surface area (Å²) in [5, 5.41) is 6.80. The molecule has 180 valence electrons. The summed E-state index contributed by atoms with van der Waals surface area (Å²) in [6.07, 6.45) is 12.4. The molecule has 1 aromatic heterocycles. The van der Waals surface area contributed by atoms with Gasteiger partial charge in [0.05, 0.1) is 12.6 Å². The normalized spacial score (nSPS) is 11.9. The third-order valence-corrected chi connectivity index (χ3v) is 5.48. The molecular formula is C25H41ClN4O2. The van der Waals surface area contributed by atoms with Crippen LogP contribution >= 0.6 is 12.4 Å². The summed E-state index contributed by atoms with van der Waals surface area (Å²) in [4.78, 5) is 16.4. The van der Waals surface area contributed by atoms with Gasteiger partial charge in [0.25, 0.3) is 0 Å². The van der Waals surface area contributed by atoms with E-state index in [-0.39, 0.29) is 24.9 Å². The molecule has 0 fully saturated rings. The van der Waals surface area contributed by atoms with Crippen molar-refractivity contribution < 1.29 is 9.32 Å². The third kappa shape index (κ3) is 10.6. The van der Waals surface area contributed by atoms with Crippen LogP contribution in [0.4, 0.5) is 0 Å². The van der Waals surface area contributed by atoms with Gasteiger partial charge in [-0.25, -0.2) is 0 Å². The molecule has 32 heavy (non-hydrogen) atoms. The zero-order valence-corrected chi connectivity index (χ0v) is 20.8. The van der Waals surface area contributed by atoms with Crippen molar-refractivity contribution in [1.82, 2.24) is 15.5 Å². The predicted octanol–water partition coefficient (Wildman–Crippen LogP) is 5.83. The monoisotopic (exact) mass is 464 g/mol. The molecule has 0 radical (unpaired) electrons. The maximum Gasteiger partial charge on any atom is 0.246 e. The number of aryl methyl sites for hydroxylation is 1. The zero-order valence-electron chi connectivity index (χ0n) is 19.9. The molecular weight excluding hydrogens is 424 g/mol. The Morgan fingerprint density at radius 2 is 1.66 bits per heavy atom. The van der Waals surface area contributed by atoms with Crippen molar-refractivity contribution in [1.29, 1.82) is 0 Å². The number of amides is 1. The first-order chi connectivity index (χ1) is 15.0. The Balaban J connectivity index is 0.00000512. The van der Waals surface area contributed by atoms with Crippen molar-refractivity contribution in [2.24, 2.45) is 11.7 Å². The predicted molar refractivity (Wildman–Crippen MR) is 133 cm³/mol. The first kappa shape index (κ1) is 28.1. The lowest BCUT2D eigenvalue weighted by molar-refractivity contribution is -0.123. The van der Waals surface area contributed by atoms with Gasteiger partial charge in [0, 0.05) is 5.56 Å². The Hall–Kier alpha value is -1.92. The highest BCUT2D eigenvalue weighted by Gasteiger charge is 2.16. The number of rotatable bonds is 15. The maximum absolute atomic E-state index is 12.0. The minimum atomic E-state index is -0.518. The molecule has 0 spiro atoms. The second-order valence-corrected chi connectivity index (χ2v) is 8.89. The average molecular weight is 465 g/mol. The van der Waals surface area contributed by atoms with E-state index in [1.807, 2.05) is 26.0 Å². The molecule has 3 N–H and O–H groups in total. The quantitative estimate of drug-likeness (QED) is 0.323. The molecule has 0 saturated heterocycles. The van der Waals surface area contributed by atoms with E-state index in [1.165, 1.54) is 56.9 Å². The van der Waals surface area contributed by atoms with Crippen LogP contribution in [0, 0.1) is 5.92 Å². The van der Waals surface area contributed by atoms with Crippen LogP contribution in [0.3, 0.4) is 0 Å². The van der Waals surface area contributed by atoms with Gasteiger partial charge in [-0.3, -0.25) is 4.79 Å². The van der Waals surface area contributed by atoms with Gasteiger partial charge in [-0.15, -0.1) is 12.4 Å². The van der Waals surface area contributed by atoms with E-state index in [0.717, 1.165) is 12.0 Å². The average Bonchev–Trinajstić information content (AvgIpc) is 3.23. The minimum absolute atomic E-state index is 0. The van der Waals surface area contributed by atoms with E-state index in [4.69, 9.17) is 10.3 Å². The molecule has 0 aliphatic rings. The van der Waals surface area contributed by atoms with Crippen LogP contribution < -0.4 is 11.1 Å². The lowest BCUT2D eigenvalue weighted by atomic mass is 10.0. The topological polar surface area (TPSA) is 94.0 Å². The number of nitrogens with two attached hydrogens (primary N) is 1. The second kappa shape index (κ2) is 15.8. The molecule has 1 heterocycles. The van der Waals surface area contributed by atoms with Crippen molar-refractivity contribution in [2.75, 3.05) is 0 Å². The highest BCUT2D eigenvalue weighted by Crippen LogP contribution is 2.18. The van der Waals surface area contributed by atoms with Crippen molar-refractivity contribution >= 4 is 18.3 Å². The van der Waals surface area contributed by atoms with Crippen LogP contribution in [0.15, 0.2) is 28.8 Å². The van der Waals surface area contributed by atoms with Crippen LogP contribution in [-0.4, -0.2) is 22.1 Å². The van der Waals surface area contributed by atoms with Crippen LogP contribution in [0.1, 0.15) is 90.0 Å². The van der Waals surface area contributed by atoms with Gasteiger partial charge in [-0.2, -0.15) is 4.98 Å². The second-order valence-electron chi connectivity index (χ2n) is 8.89. The zero-order chi connectivity index (χ0) is 22.5. The molecule has 0 aliphatic carbocycles. The maximum atomic E-state index is 12.0. The largest absolute Gasteiger partial charge is 0.346 e. The van der Waals surface area contributed by atoms with Crippen molar-refractivity contribution in [3.8, 4) is 11.4 Å². The van der Waals surface area contributed by atoms with E-state index in [2.05, 4.69) is 34.5 Å². The number of aromatic nitrogens is 2. The first-order valence-electron chi connectivity index (χ1n) is 11.9. The molecule has 7 heteroatoms. The number of hydrogen-bond donors (Lipinski definition) is 2. The van der Waals surface area contributed by atoms with Crippen molar-refractivity contribution in [3.05, 3.63) is 35.7 Å². The lowest BCUT2D eigenvalue weighted by Gasteiger charge is -2.12. The molecule has 1 atom stereocenters. The highest BCUT2D eigenvalue weighted by atomic mass is 35.5. The Bertz CT molecular complexity index is 762. The van der Waals surface area contributed by atoms with E-state index in [0.29, 0.717) is 24.1 Å². The summed E-state index contributed by atoms with van der Waals surface area (Å²) in [5.41, 5.74) is 8.14. The number of hydrogen-bond acceptors (Lipinski definition) is 5. The minimum Gasteiger partial charge on any atom is -0.346 e. The third-order valence-electron chi connectivity index (χ3n) is 5.48. The van der Waals surface area contributed by atoms with Crippen molar-refractivity contribution in [3.63, 3.8) is 0 Å². The molecule has 0 bridgehead atoms. The van der Waals surface area contributed by atoms with Crippen LogP contribution in [0.25, 0.3) is 11.4 Å². The van der Waals surface area contributed by atoms with E-state index < -0.39 is 6.04 Å². The first-order valence-corrected chi connectivity index (χ1v) is 11.9. The molecule has 0 aliphatic heterocycles. The molecule has 2 rings (SSSR count). The van der Waals surface area contributed by atoms with Crippen LogP contribution in [0.2, 0.25) is 0 Å². The van der Waals surface area contributed by atoms with Gasteiger partial charge < -0.3 is 15.6 Å². The summed E-state index contributed by atoms with van der Waals surface area (Å²) < 4.78 is 5.27. The number of unbranched alkanes of at least 4 members (excludes halogenated alkanes) is 7. The number of carbonyl (C=O) groups excluding carboxylic acids is 1. The standard InChI is InChI=1S/C25H40N4O2.ClH/c1-4-5-6-7-8-9-10-11-12-20-13-15-21(16-14-20)24-28-23(31-29-24)18-27-25(30)22(26)17-19(2)3;/h13-16,19,22H,4-12,17-18,26H2,1-3H3,(H,27,30);1H. The van der Waals surface area contributed by atoms with Gasteiger partial charge in [0.2, 0.25) is 17.6 Å². The fraction of sp³-hybridized carbons (Fsp3) is 0.640. The SMILES string of the molecule is CCCCCCCCCCc1ccc(-c2noc(CNC(=O)C(N)CC(C)C)n2)cc1.Cl. The number of nitrogens with zero attached hydrogens (tertiary/aromatic N) is 2. The number of benzene rings is 1. The van der Waals surface area contributed by atoms with Gasteiger partial charge in [0.15, 0.2) is 0 Å². The van der Waals surface area contributed by atoms with E-state index >= 15 is 0 Å². The Kier molecular flexibility index (Phi) is 13.9. The molecule has 2 aromatic rings. The van der Waals surface area contributed by atoms with E-state index in [9.17, 15) is 4.79 Å². The summed E-state index contributed by atoms with van der Waals surface area (Å²) in [5.74, 6) is 1.09. The summed E-state index contributed by atoms with van der Waals surface area (Å²) in [6, 6.07) is 7.83. The van der Waals surface area contributed by atoms with Gasteiger partial charge in [-0.05, 0) is 30.7 Å². The van der Waals surface area contributed by atoms with Crippen LogP contribution in [-0.2, 0) is 17.8 Å². The lowest BCUT2D eigenvalue weighted by Crippen LogP contribution is -2.41. The number of nitrogens with one attached hydrogen (secondary N) is 1. The molecule has 1 amide bonds. The Morgan fingerprint density at radius 1 is 1.03 bits per heavy atom. The fourth-order valence-electron chi connectivity index (χ4n) is 3.64. The Labute approximate surface area is 199 Å². The van der Waals surface area contributed by atoms with Gasteiger partial charge >= 0.3 is 0 Å². The molecule has 1 aromatic carbocycles. The highest BCUT2D eigenvalue weighted by molar-refractivity contribution is 5.85. The summed E-state index contributed by atoms with van der Waals surface area (Å²) >= 11 is 0. The van der Waals surface area contributed by atoms with Gasteiger partial charge in [0.1, 0.15) is 0 Å². The Morgan fingerprint density at radius 3 is 2.28 bits per heavy atom. The van der Waals surface area contributed by atoms with Crippen LogP contribution in [0.5, 0.6) is 0 Å². The number of halogens is 1. The molecule has 0 saturated carbocycles. The van der Waals surface area contributed by atoms with Gasteiger partial charge in [-0.1, -0.05) is 95.1 Å². The fourth-order valence-corrected chi connectivity index (χ4v) is 3.64. The summed E-state index contributed by atoms with van der Waals surface area (Å²) in [6.45, 7) is 6.53. The molecule has 1 unspecified atom stereocenters. The van der Waals surface area contributed by atoms with E-state index in [1.54, 1.807) is 0 Å². The smallest absolute Gasteiger partial charge is 0.246 e. The number of carbonyl (C=O) groups is 1. The summed E-state index contributed by atoms with van der Waals surface area (Å²) in [7, 11) is 0. The van der Waals surface area contributed by atoms with Crippen molar-refractivity contribution in [2.45, 2.75) is 97.6 Å². The molecule has 6 nitrogen and oxygen atoms in total.